The highest BCUT2D eigenvalue weighted by molar-refractivity contribution is 5.86. The second-order valence-electron chi connectivity index (χ2n) is 5.98. The van der Waals surface area contributed by atoms with Crippen LogP contribution in [0.5, 0.6) is 0 Å². The maximum absolute atomic E-state index is 10.6. The average Bonchev–Trinajstić information content (AvgIpc) is 2.54. The predicted octanol–water partition coefficient (Wildman–Crippen LogP) is 3.78. The minimum atomic E-state index is -0.430. The molecule has 20 heavy (non-hydrogen) atoms. The summed E-state index contributed by atoms with van der Waals surface area (Å²) in [7, 11) is 0. The highest BCUT2D eigenvalue weighted by Crippen LogP contribution is 2.33. The lowest BCUT2D eigenvalue weighted by Gasteiger charge is -2.31. The third-order valence-electron chi connectivity index (χ3n) is 4.68. The van der Waals surface area contributed by atoms with Crippen molar-refractivity contribution in [1.82, 2.24) is 0 Å². The van der Waals surface area contributed by atoms with E-state index in [1.165, 1.54) is 24.6 Å². The molecule has 0 saturated heterocycles. The van der Waals surface area contributed by atoms with E-state index in [9.17, 15) is 5.11 Å². The Hall–Kier alpha value is -1.38. The van der Waals surface area contributed by atoms with Crippen molar-refractivity contribution in [3.8, 4) is 0 Å². The molecule has 3 N–H and O–H groups in total. The van der Waals surface area contributed by atoms with Gasteiger partial charge in [0.15, 0.2) is 0 Å². The van der Waals surface area contributed by atoms with Crippen LogP contribution in [-0.4, -0.2) is 11.2 Å². The van der Waals surface area contributed by atoms with Crippen LogP contribution in [0.15, 0.2) is 42.5 Å². The summed E-state index contributed by atoms with van der Waals surface area (Å²) in [6, 6.07) is 14.2. The lowest BCUT2D eigenvalue weighted by Crippen LogP contribution is -2.34. The molecule has 2 heteroatoms. The first kappa shape index (κ1) is 13.6. The molecule has 3 rings (SSSR count). The fourth-order valence-electron chi connectivity index (χ4n) is 3.49. The highest BCUT2D eigenvalue weighted by Gasteiger charge is 2.28. The van der Waals surface area contributed by atoms with Crippen molar-refractivity contribution in [2.45, 2.75) is 44.2 Å². The van der Waals surface area contributed by atoms with Crippen molar-refractivity contribution >= 4 is 10.8 Å². The van der Waals surface area contributed by atoms with Crippen molar-refractivity contribution in [3.05, 3.63) is 48.0 Å². The molecule has 2 atom stereocenters. The third-order valence-corrected chi connectivity index (χ3v) is 4.68. The third kappa shape index (κ3) is 2.58. The Morgan fingerprint density at radius 1 is 0.950 bits per heavy atom. The summed E-state index contributed by atoms with van der Waals surface area (Å²) in [5.41, 5.74) is 7.46. The van der Waals surface area contributed by atoms with E-state index in [0.717, 1.165) is 23.8 Å². The lowest BCUT2D eigenvalue weighted by molar-refractivity contribution is 0.0622. The van der Waals surface area contributed by atoms with E-state index in [-0.39, 0.29) is 6.04 Å². The van der Waals surface area contributed by atoms with Gasteiger partial charge in [-0.05, 0) is 35.1 Å². The van der Waals surface area contributed by atoms with Gasteiger partial charge in [-0.2, -0.15) is 0 Å². The second-order valence-corrected chi connectivity index (χ2v) is 5.98. The molecule has 2 aromatic carbocycles. The van der Waals surface area contributed by atoms with E-state index in [0.29, 0.717) is 5.92 Å². The van der Waals surface area contributed by atoms with Gasteiger partial charge >= 0.3 is 0 Å². The molecule has 0 radical (unpaired) electrons. The number of rotatable bonds is 3. The van der Waals surface area contributed by atoms with Gasteiger partial charge in [-0.1, -0.05) is 61.7 Å². The Bertz CT molecular complexity index is 569. The van der Waals surface area contributed by atoms with E-state index in [4.69, 9.17) is 5.73 Å². The zero-order valence-electron chi connectivity index (χ0n) is 11.8. The normalized spacial score (nSPS) is 19.9. The molecule has 0 aliphatic heterocycles. The fourth-order valence-corrected chi connectivity index (χ4v) is 3.49. The summed E-state index contributed by atoms with van der Waals surface area (Å²) < 4.78 is 0. The molecule has 1 aliphatic rings. The quantitative estimate of drug-likeness (QED) is 0.890. The molecule has 2 nitrogen and oxygen atoms in total. The summed E-state index contributed by atoms with van der Waals surface area (Å²) in [4.78, 5) is 0. The molecule has 0 unspecified atom stereocenters. The lowest BCUT2D eigenvalue weighted by atomic mass is 9.80. The number of aliphatic hydroxyl groups excluding tert-OH is 1. The predicted molar refractivity (Wildman–Crippen MR) is 83.5 cm³/mol. The zero-order valence-corrected chi connectivity index (χ0v) is 11.8. The molecular formula is C18H23NO. The summed E-state index contributed by atoms with van der Waals surface area (Å²) in [6.07, 6.45) is 5.54. The zero-order chi connectivity index (χ0) is 13.9. The van der Waals surface area contributed by atoms with Crippen molar-refractivity contribution in [3.63, 3.8) is 0 Å². The molecule has 0 heterocycles. The maximum Gasteiger partial charge on any atom is 0.0761 e. The second kappa shape index (κ2) is 5.94. The van der Waals surface area contributed by atoms with Gasteiger partial charge in [0.2, 0.25) is 0 Å². The van der Waals surface area contributed by atoms with Gasteiger partial charge in [0.25, 0.3) is 0 Å². The van der Waals surface area contributed by atoms with Crippen LogP contribution in [0.25, 0.3) is 10.8 Å². The molecule has 106 valence electrons. The average molecular weight is 269 g/mol. The minimum Gasteiger partial charge on any atom is -0.391 e. The van der Waals surface area contributed by atoms with E-state index in [2.05, 4.69) is 24.3 Å². The molecule has 0 bridgehead atoms. The van der Waals surface area contributed by atoms with Crippen LogP contribution in [0.2, 0.25) is 0 Å². The van der Waals surface area contributed by atoms with Crippen LogP contribution in [0.3, 0.4) is 0 Å². The number of fused-ring (bicyclic) bond motifs is 1. The van der Waals surface area contributed by atoms with Gasteiger partial charge in [-0.15, -0.1) is 0 Å². The molecule has 1 aliphatic carbocycles. The summed E-state index contributed by atoms with van der Waals surface area (Å²) >= 11 is 0. The van der Waals surface area contributed by atoms with E-state index >= 15 is 0 Å². The molecule has 1 fully saturated rings. The SMILES string of the molecule is N[C@@H](c1cccc2ccccc12)[C@H](O)C1CCCCC1. The molecule has 0 aromatic heterocycles. The summed E-state index contributed by atoms with van der Waals surface area (Å²) in [5.74, 6) is 0.359. The van der Waals surface area contributed by atoms with Crippen molar-refractivity contribution in [2.75, 3.05) is 0 Å². The topological polar surface area (TPSA) is 46.2 Å². The Morgan fingerprint density at radius 2 is 1.65 bits per heavy atom. The van der Waals surface area contributed by atoms with Gasteiger partial charge < -0.3 is 10.8 Å². The first-order chi connectivity index (χ1) is 9.77. The van der Waals surface area contributed by atoms with Gasteiger partial charge in [0.05, 0.1) is 12.1 Å². The Kier molecular flexibility index (Phi) is 4.04. The largest absolute Gasteiger partial charge is 0.391 e. The van der Waals surface area contributed by atoms with Crippen molar-refractivity contribution < 1.29 is 5.11 Å². The summed E-state index contributed by atoms with van der Waals surface area (Å²) in [6.45, 7) is 0. The van der Waals surface area contributed by atoms with Crippen LogP contribution < -0.4 is 5.73 Å². The van der Waals surface area contributed by atoms with Gasteiger partial charge in [-0.3, -0.25) is 0 Å². The van der Waals surface area contributed by atoms with Crippen LogP contribution in [0.1, 0.15) is 43.7 Å². The number of aliphatic hydroxyl groups is 1. The molecule has 0 amide bonds. The highest BCUT2D eigenvalue weighted by atomic mass is 16.3. The van der Waals surface area contributed by atoms with Crippen LogP contribution in [0, 0.1) is 5.92 Å². The number of nitrogens with two attached hydrogens (primary N) is 1. The van der Waals surface area contributed by atoms with Crippen LogP contribution in [-0.2, 0) is 0 Å². The van der Waals surface area contributed by atoms with E-state index in [1.807, 2.05) is 18.2 Å². The van der Waals surface area contributed by atoms with Gasteiger partial charge in [0, 0.05) is 0 Å². The van der Waals surface area contributed by atoms with Gasteiger partial charge in [0.1, 0.15) is 0 Å². The van der Waals surface area contributed by atoms with Crippen molar-refractivity contribution in [2.24, 2.45) is 11.7 Å². The first-order valence-corrected chi connectivity index (χ1v) is 7.68. The smallest absolute Gasteiger partial charge is 0.0761 e. The van der Waals surface area contributed by atoms with E-state index in [1.54, 1.807) is 0 Å². The van der Waals surface area contributed by atoms with Crippen molar-refractivity contribution in [1.29, 1.82) is 0 Å². The fraction of sp³-hybridized carbons (Fsp3) is 0.444. The molecular weight excluding hydrogens is 246 g/mol. The monoisotopic (exact) mass is 269 g/mol. The van der Waals surface area contributed by atoms with E-state index < -0.39 is 6.10 Å². The first-order valence-electron chi connectivity index (χ1n) is 7.68. The van der Waals surface area contributed by atoms with Crippen LogP contribution in [0.4, 0.5) is 0 Å². The maximum atomic E-state index is 10.6. The standard InChI is InChI=1S/C18H23NO/c19-17(18(20)14-8-2-1-3-9-14)16-12-6-10-13-7-4-5-11-15(13)16/h4-7,10-12,14,17-18,20H,1-3,8-9,19H2/t17-,18+/m0/s1. The molecule has 2 aromatic rings. The molecule has 0 spiro atoms. The van der Waals surface area contributed by atoms with Crippen LogP contribution >= 0.6 is 0 Å². The van der Waals surface area contributed by atoms with Gasteiger partial charge in [-0.25, -0.2) is 0 Å². The molecule has 1 saturated carbocycles. The Morgan fingerprint density at radius 3 is 2.45 bits per heavy atom. The number of benzene rings is 2. The number of hydrogen-bond donors (Lipinski definition) is 2. The Labute approximate surface area is 120 Å². The Balaban J connectivity index is 1.89. The summed E-state index contributed by atoms with van der Waals surface area (Å²) in [5, 5.41) is 13.0. The minimum absolute atomic E-state index is 0.288. The number of hydrogen-bond acceptors (Lipinski definition) is 2.